The Labute approximate surface area is 102 Å². The van der Waals surface area contributed by atoms with Crippen molar-refractivity contribution in [3.63, 3.8) is 0 Å². The van der Waals surface area contributed by atoms with Gasteiger partial charge in [0.25, 0.3) is 0 Å². The van der Waals surface area contributed by atoms with Crippen molar-refractivity contribution in [2.75, 3.05) is 6.61 Å². The molecule has 2 rings (SSSR count). The molecular weight excluding hydrogens is 244 g/mol. The van der Waals surface area contributed by atoms with Crippen molar-refractivity contribution in [3.8, 4) is 0 Å². The molecule has 1 heterocycles. The smallest absolute Gasteiger partial charge is 0.246 e. The van der Waals surface area contributed by atoms with Gasteiger partial charge in [-0.25, -0.2) is 8.78 Å². The Morgan fingerprint density at radius 3 is 2.83 bits per heavy atom. The molecule has 0 saturated carbocycles. The van der Waals surface area contributed by atoms with Crippen molar-refractivity contribution in [2.24, 2.45) is 0 Å². The van der Waals surface area contributed by atoms with Gasteiger partial charge < -0.3 is 4.74 Å². The molecule has 96 valence electrons. The maximum Gasteiger partial charge on any atom is 0.246 e. The van der Waals surface area contributed by atoms with Gasteiger partial charge in [-0.3, -0.25) is 10.1 Å². The van der Waals surface area contributed by atoms with Crippen LogP contribution in [-0.2, 0) is 4.74 Å². The van der Waals surface area contributed by atoms with Crippen molar-refractivity contribution < 1.29 is 18.4 Å². The van der Waals surface area contributed by atoms with Gasteiger partial charge in [0, 0.05) is 16.9 Å². The van der Waals surface area contributed by atoms with E-state index in [2.05, 4.69) is 6.58 Å². The molecule has 0 radical (unpaired) electrons. The first-order chi connectivity index (χ1) is 8.49. The fourth-order valence-electron chi connectivity index (χ4n) is 2.00. The first kappa shape index (κ1) is 12.6. The van der Waals surface area contributed by atoms with Crippen LogP contribution >= 0.6 is 0 Å². The highest BCUT2D eigenvalue weighted by atomic mass is 19.1. The topological polar surface area (TPSA) is 52.4 Å². The summed E-state index contributed by atoms with van der Waals surface area (Å²) in [7, 11) is 0. The molecule has 1 aromatic rings. The van der Waals surface area contributed by atoms with Crippen LogP contribution in [0.1, 0.15) is 18.1 Å². The van der Waals surface area contributed by atoms with Crippen LogP contribution in [0.15, 0.2) is 30.4 Å². The second-order valence-corrected chi connectivity index (χ2v) is 4.20. The van der Waals surface area contributed by atoms with Crippen molar-refractivity contribution in [1.29, 1.82) is 0 Å². The summed E-state index contributed by atoms with van der Waals surface area (Å²) in [5.41, 5.74) is 0.453. The van der Waals surface area contributed by atoms with Crippen LogP contribution in [0.2, 0.25) is 0 Å². The van der Waals surface area contributed by atoms with Crippen molar-refractivity contribution in [2.45, 2.75) is 18.6 Å². The Kier molecular flexibility index (Phi) is 3.38. The fourth-order valence-corrected chi connectivity index (χ4v) is 2.00. The quantitative estimate of drug-likeness (QED) is 0.463. The second kappa shape index (κ2) is 4.81. The van der Waals surface area contributed by atoms with E-state index in [1.807, 2.05) is 0 Å². The molecule has 0 aliphatic carbocycles. The third-order valence-corrected chi connectivity index (χ3v) is 2.85. The maximum atomic E-state index is 13.6. The van der Waals surface area contributed by atoms with Crippen LogP contribution in [0, 0.1) is 21.7 Å². The van der Waals surface area contributed by atoms with Gasteiger partial charge in [0.05, 0.1) is 6.61 Å². The number of ether oxygens (including phenoxy) is 1. The predicted octanol–water partition coefficient (Wildman–Crippen LogP) is 2.63. The molecule has 4 nitrogen and oxygen atoms in total. The van der Waals surface area contributed by atoms with Crippen LogP contribution in [-0.4, -0.2) is 17.6 Å². The van der Waals surface area contributed by atoms with Gasteiger partial charge in [0.2, 0.25) is 6.04 Å². The van der Waals surface area contributed by atoms with E-state index in [1.165, 1.54) is 0 Å². The number of halogens is 2. The average Bonchev–Trinajstić information content (AvgIpc) is 2.32. The molecule has 0 unspecified atom stereocenters. The van der Waals surface area contributed by atoms with E-state index in [1.54, 1.807) is 0 Å². The normalized spacial score (nSPS) is 24.0. The molecule has 1 aliphatic rings. The highest BCUT2D eigenvalue weighted by Gasteiger charge is 2.39. The van der Waals surface area contributed by atoms with E-state index in [0.717, 1.165) is 18.2 Å². The zero-order valence-corrected chi connectivity index (χ0v) is 9.44. The fraction of sp³-hybridized carbons (Fsp3) is 0.333. The van der Waals surface area contributed by atoms with Gasteiger partial charge in [-0.2, -0.15) is 0 Å². The summed E-state index contributed by atoms with van der Waals surface area (Å²) >= 11 is 0. The SMILES string of the molecule is C=C1CO[C@@H](c2cc(F)ccc2F)[C@@H]([N+](=O)[O-])C1. The third kappa shape index (κ3) is 2.38. The van der Waals surface area contributed by atoms with E-state index in [4.69, 9.17) is 4.74 Å². The van der Waals surface area contributed by atoms with E-state index in [9.17, 15) is 18.9 Å². The molecule has 0 aromatic heterocycles. The third-order valence-electron chi connectivity index (χ3n) is 2.85. The van der Waals surface area contributed by atoms with E-state index in [0.29, 0.717) is 5.57 Å². The first-order valence-corrected chi connectivity index (χ1v) is 5.35. The number of rotatable bonds is 2. The summed E-state index contributed by atoms with van der Waals surface area (Å²) in [6, 6.07) is 1.70. The lowest BCUT2D eigenvalue weighted by atomic mass is 9.94. The highest BCUT2D eigenvalue weighted by molar-refractivity contribution is 5.24. The Morgan fingerprint density at radius 1 is 1.44 bits per heavy atom. The van der Waals surface area contributed by atoms with Crippen molar-refractivity contribution in [3.05, 3.63) is 57.7 Å². The number of nitrogens with zero attached hydrogens (tertiary/aromatic N) is 1. The summed E-state index contributed by atoms with van der Waals surface area (Å²) in [4.78, 5) is 10.4. The van der Waals surface area contributed by atoms with Gasteiger partial charge in [-0.05, 0) is 23.8 Å². The summed E-state index contributed by atoms with van der Waals surface area (Å²) < 4.78 is 31.9. The van der Waals surface area contributed by atoms with Gasteiger partial charge in [0.15, 0.2) is 6.10 Å². The summed E-state index contributed by atoms with van der Waals surface area (Å²) in [5.74, 6) is -1.36. The minimum Gasteiger partial charge on any atom is -0.362 e. The standard InChI is InChI=1S/C12H11F2NO3/c1-7-4-11(15(16)17)12(18-6-7)9-5-8(13)2-3-10(9)14/h2-3,5,11-12H,1,4,6H2/t11-,12-/m0/s1. The lowest BCUT2D eigenvalue weighted by Gasteiger charge is -2.27. The van der Waals surface area contributed by atoms with Crippen LogP contribution in [0.5, 0.6) is 0 Å². The molecule has 0 spiro atoms. The number of hydrogen-bond donors (Lipinski definition) is 0. The lowest BCUT2D eigenvalue weighted by molar-refractivity contribution is -0.539. The molecule has 0 amide bonds. The lowest BCUT2D eigenvalue weighted by Crippen LogP contribution is -2.35. The summed E-state index contributed by atoms with van der Waals surface area (Å²) in [6.07, 6.45) is -0.977. The second-order valence-electron chi connectivity index (χ2n) is 4.20. The monoisotopic (exact) mass is 255 g/mol. The van der Waals surface area contributed by atoms with E-state index in [-0.39, 0.29) is 18.6 Å². The van der Waals surface area contributed by atoms with Gasteiger partial charge in [-0.1, -0.05) is 6.58 Å². The molecule has 18 heavy (non-hydrogen) atoms. The Morgan fingerprint density at radius 2 is 2.17 bits per heavy atom. The minimum atomic E-state index is -1.14. The zero-order valence-electron chi connectivity index (χ0n) is 9.44. The Hall–Kier alpha value is -1.82. The number of benzene rings is 1. The summed E-state index contributed by atoms with van der Waals surface area (Å²) in [5, 5.41) is 10.9. The molecule has 0 N–H and O–H groups in total. The van der Waals surface area contributed by atoms with Crippen molar-refractivity contribution in [1.82, 2.24) is 0 Å². The highest BCUT2D eigenvalue weighted by Crippen LogP contribution is 2.33. The molecule has 6 heteroatoms. The molecule has 1 saturated heterocycles. The van der Waals surface area contributed by atoms with E-state index < -0.39 is 28.7 Å². The Bertz CT molecular complexity index is 504. The molecule has 2 atom stereocenters. The predicted molar refractivity (Wildman–Crippen MR) is 59.6 cm³/mol. The Balaban J connectivity index is 2.38. The molecule has 1 fully saturated rings. The minimum absolute atomic E-state index is 0.105. The summed E-state index contributed by atoms with van der Waals surface area (Å²) in [6.45, 7) is 3.73. The van der Waals surface area contributed by atoms with E-state index >= 15 is 0 Å². The molecule has 1 aromatic carbocycles. The molecule has 0 bridgehead atoms. The number of hydrogen-bond acceptors (Lipinski definition) is 3. The van der Waals surface area contributed by atoms with Crippen LogP contribution in [0.25, 0.3) is 0 Å². The maximum absolute atomic E-state index is 13.6. The molecular formula is C12H11F2NO3. The molecule has 1 aliphatic heterocycles. The van der Waals surface area contributed by atoms with Crippen LogP contribution < -0.4 is 0 Å². The van der Waals surface area contributed by atoms with Gasteiger partial charge >= 0.3 is 0 Å². The van der Waals surface area contributed by atoms with Gasteiger partial charge in [-0.15, -0.1) is 0 Å². The van der Waals surface area contributed by atoms with Crippen molar-refractivity contribution >= 4 is 0 Å². The van der Waals surface area contributed by atoms with Crippen LogP contribution in [0.3, 0.4) is 0 Å². The average molecular weight is 255 g/mol. The largest absolute Gasteiger partial charge is 0.362 e. The zero-order chi connectivity index (χ0) is 13.3. The first-order valence-electron chi connectivity index (χ1n) is 5.35. The number of nitro groups is 1. The van der Waals surface area contributed by atoms with Gasteiger partial charge in [0.1, 0.15) is 11.6 Å². The van der Waals surface area contributed by atoms with Crippen LogP contribution in [0.4, 0.5) is 8.78 Å².